The van der Waals surface area contributed by atoms with Crippen LogP contribution in [0.1, 0.15) is 25.0 Å². The van der Waals surface area contributed by atoms with E-state index in [1.54, 1.807) is 0 Å². The molecule has 1 aliphatic heterocycles. The van der Waals surface area contributed by atoms with Crippen LogP contribution in [0.25, 0.3) is 0 Å². The first-order chi connectivity index (χ1) is 18.5. The minimum atomic E-state index is -5.13. The summed E-state index contributed by atoms with van der Waals surface area (Å²) in [6, 6.07) is 6.45. The van der Waals surface area contributed by atoms with Gasteiger partial charge in [0, 0.05) is 6.07 Å². The van der Waals surface area contributed by atoms with Gasteiger partial charge in [-0.2, -0.15) is 0 Å². The molecule has 0 aliphatic carbocycles. The first kappa shape index (κ1) is 21.5. The van der Waals surface area contributed by atoms with E-state index in [1.165, 1.54) is 12.1 Å². The number of alkyl halides is 5. The highest BCUT2D eigenvalue weighted by Gasteiger charge is 2.46. The number of anilines is 1. The summed E-state index contributed by atoms with van der Waals surface area (Å²) in [5.41, 5.74) is 4.26. The summed E-state index contributed by atoms with van der Waals surface area (Å²) >= 11 is 0. The van der Waals surface area contributed by atoms with Gasteiger partial charge in [0.15, 0.2) is 23.0 Å². The lowest BCUT2D eigenvalue weighted by Gasteiger charge is -2.16. The Balaban J connectivity index is 1.74. The van der Waals surface area contributed by atoms with Crippen LogP contribution in [0, 0.1) is 0 Å². The Morgan fingerprint density at radius 2 is 1.84 bits per heavy atom. The first-order valence-electron chi connectivity index (χ1n) is 11.3. The molecule has 0 saturated carbocycles. The van der Waals surface area contributed by atoms with Gasteiger partial charge in [0.25, 0.3) is 11.8 Å². The lowest BCUT2D eigenvalue weighted by molar-refractivity contribution is -0.286. The number of methoxy groups -OCH3 is 1. The summed E-state index contributed by atoms with van der Waals surface area (Å²) in [5.74, 6) is -6.05. The Bertz CT molecular complexity index is 1470. The number of fused-ring (bicyclic) bond motifs is 1. The summed E-state index contributed by atoms with van der Waals surface area (Å²) in [5, 5.41) is 2.32. The van der Waals surface area contributed by atoms with Crippen molar-refractivity contribution in [2.75, 3.05) is 12.4 Å². The van der Waals surface area contributed by atoms with E-state index in [2.05, 4.69) is 24.5 Å². The molecule has 1 aliphatic rings. The zero-order valence-electron chi connectivity index (χ0n) is 20.9. The summed E-state index contributed by atoms with van der Waals surface area (Å²) in [7, 11) is -3.17. The smallest absolute Gasteiger partial charge is 0.493 e. The van der Waals surface area contributed by atoms with Crippen LogP contribution < -0.4 is 34.7 Å². The Hall–Kier alpha value is -4.82. The van der Waals surface area contributed by atoms with Crippen molar-refractivity contribution in [2.24, 2.45) is 5.73 Å². The molecule has 3 N–H and O–H groups in total. The number of nitrogens with two attached hydrogens (primary N) is 1. The summed E-state index contributed by atoms with van der Waals surface area (Å²) < 4.78 is 110. The average Bonchev–Trinajstić information content (AvgIpc) is 3.12. The van der Waals surface area contributed by atoms with E-state index in [-0.39, 0.29) is 11.4 Å². The van der Waals surface area contributed by atoms with Crippen molar-refractivity contribution < 1.29 is 59.3 Å². The number of amides is 2. The molecule has 0 atom stereocenters. The van der Waals surface area contributed by atoms with Gasteiger partial charge in [0.1, 0.15) is 22.8 Å². The number of benzene rings is 2. The van der Waals surface area contributed by atoms with Crippen molar-refractivity contribution in [2.45, 2.75) is 12.7 Å². The topological polar surface area (TPSA) is 131 Å². The van der Waals surface area contributed by atoms with Gasteiger partial charge in [-0.25, -0.2) is 4.98 Å². The van der Waals surface area contributed by atoms with Gasteiger partial charge in [-0.3, -0.25) is 9.59 Å². The predicted octanol–water partition coefficient (Wildman–Crippen LogP) is 4.45. The summed E-state index contributed by atoms with van der Waals surface area (Å²) in [6.45, 7) is 0. The van der Waals surface area contributed by atoms with Gasteiger partial charge in [-0.1, -0.05) is 0 Å². The maximum absolute atomic E-state index is 13.9. The maximum atomic E-state index is 13.9. The van der Waals surface area contributed by atoms with Crippen LogP contribution in [0.15, 0.2) is 48.7 Å². The highest BCUT2D eigenvalue weighted by Crippen LogP contribution is 2.48. The Morgan fingerprint density at radius 3 is 2.49 bits per heavy atom. The second-order valence-electron chi connectivity index (χ2n) is 7.04. The average molecular weight is 530 g/mol. The Kier molecular flexibility index (Phi) is 5.41. The molecule has 0 spiro atoms. The molecule has 37 heavy (non-hydrogen) atoms. The third kappa shape index (κ3) is 5.71. The molecule has 2 amide bonds. The molecule has 0 bridgehead atoms. The van der Waals surface area contributed by atoms with Gasteiger partial charge in [0.2, 0.25) is 0 Å². The van der Waals surface area contributed by atoms with Crippen LogP contribution in [-0.4, -0.2) is 36.5 Å². The Labute approximate surface area is 207 Å². The number of nitrogens with one attached hydrogen (secondary N) is 1. The largest absolute Gasteiger partial charge is 0.586 e. The number of nitrogens with zero attached hydrogens (tertiary/aromatic N) is 1. The fourth-order valence-electron chi connectivity index (χ4n) is 3.07. The van der Waals surface area contributed by atoms with E-state index >= 15 is 0 Å². The number of ether oxygens (including phenoxy) is 5. The molecule has 0 unspecified atom stereocenters. The minimum Gasteiger partial charge on any atom is -0.493 e. The Morgan fingerprint density at radius 1 is 1.08 bits per heavy atom. The van der Waals surface area contributed by atoms with Crippen LogP contribution in [0.3, 0.4) is 0 Å². The van der Waals surface area contributed by atoms with Gasteiger partial charge in [-0.05, 0) is 36.4 Å². The minimum absolute atomic E-state index is 0.0238. The molecule has 1 aromatic heterocycles. The normalized spacial score (nSPS) is 15.1. The second-order valence-corrected chi connectivity index (χ2v) is 7.04. The molecule has 0 fully saturated rings. The molecule has 4 rings (SSSR count). The third-order valence-corrected chi connectivity index (χ3v) is 4.51. The number of hydrogen-bond donors (Lipinski definition) is 2. The van der Waals surface area contributed by atoms with Crippen molar-refractivity contribution in [1.82, 2.24) is 4.98 Å². The third-order valence-electron chi connectivity index (χ3n) is 4.51. The van der Waals surface area contributed by atoms with Crippen molar-refractivity contribution in [3.63, 3.8) is 0 Å². The molecule has 2 aromatic carbocycles. The lowest BCUT2D eigenvalue weighted by atomic mass is 10.1. The number of carbonyl (C=O) groups is 2. The quantitative estimate of drug-likeness (QED) is 0.429. The fourth-order valence-corrected chi connectivity index (χ4v) is 3.07. The summed E-state index contributed by atoms with van der Waals surface area (Å²) in [6.07, 6.45) is -8.26. The van der Waals surface area contributed by atoms with E-state index in [0.29, 0.717) is 6.07 Å². The monoisotopic (exact) mass is 530 g/mol. The van der Waals surface area contributed by atoms with E-state index < -0.39 is 71.6 Å². The number of rotatable bonds is 7. The molecule has 194 valence electrons. The van der Waals surface area contributed by atoms with Crippen molar-refractivity contribution in [3.05, 3.63) is 59.9 Å². The molecular formula is C22H14F5N3O7. The highest BCUT2D eigenvalue weighted by atomic mass is 19.4. The van der Waals surface area contributed by atoms with Gasteiger partial charge in [-0.15, -0.1) is 22.0 Å². The van der Waals surface area contributed by atoms with Crippen LogP contribution in [-0.2, 0) is 0 Å². The SMILES string of the molecule is [2H]C([2H])([2H])Oc1cc(OC(F)(F)F)ccc1Oc1ccc2c(c1C(=O)Nc1ccc(C(N)=O)nc1)OC(F)(F)O2. The van der Waals surface area contributed by atoms with Gasteiger partial charge in [0.05, 0.1) is 23.0 Å². The van der Waals surface area contributed by atoms with Gasteiger partial charge < -0.3 is 34.7 Å². The molecule has 3 aromatic rings. The van der Waals surface area contributed by atoms with Crippen LogP contribution >= 0.6 is 0 Å². The summed E-state index contributed by atoms with van der Waals surface area (Å²) in [4.78, 5) is 28.1. The fraction of sp³-hybridized carbons (Fsp3) is 0.136. The van der Waals surface area contributed by atoms with Crippen molar-refractivity contribution in [3.8, 4) is 34.5 Å². The number of primary amides is 1. The molecule has 10 nitrogen and oxygen atoms in total. The van der Waals surface area contributed by atoms with Crippen molar-refractivity contribution in [1.29, 1.82) is 0 Å². The number of aromatic nitrogens is 1. The number of halogens is 5. The van der Waals surface area contributed by atoms with Crippen LogP contribution in [0.4, 0.5) is 27.6 Å². The first-order valence-corrected chi connectivity index (χ1v) is 9.76. The van der Waals surface area contributed by atoms with E-state index in [9.17, 15) is 31.5 Å². The molecule has 0 radical (unpaired) electrons. The van der Waals surface area contributed by atoms with Crippen LogP contribution in [0.2, 0.25) is 0 Å². The second kappa shape index (κ2) is 9.33. The number of hydrogen-bond acceptors (Lipinski definition) is 8. The van der Waals surface area contributed by atoms with E-state index in [0.717, 1.165) is 30.5 Å². The molecule has 2 heterocycles. The molecular weight excluding hydrogens is 513 g/mol. The number of carbonyl (C=O) groups excluding carboxylic acids is 2. The van der Waals surface area contributed by atoms with E-state index in [1.807, 2.05) is 0 Å². The number of pyridine rings is 1. The molecule has 0 saturated heterocycles. The van der Waals surface area contributed by atoms with Crippen LogP contribution in [0.5, 0.6) is 34.5 Å². The van der Waals surface area contributed by atoms with Gasteiger partial charge >= 0.3 is 12.7 Å². The lowest BCUT2D eigenvalue weighted by Crippen LogP contribution is -2.26. The van der Waals surface area contributed by atoms with Crippen molar-refractivity contribution >= 4 is 17.5 Å². The molecule has 15 heteroatoms. The highest BCUT2D eigenvalue weighted by molar-refractivity contribution is 6.09. The van der Waals surface area contributed by atoms with E-state index in [4.69, 9.17) is 19.3 Å². The standard InChI is InChI=1S/C22H14F5N3O7/c1-33-16-8-11(35-21(23,24)25)3-5-13(16)34-14-6-7-15-18(37-22(26,27)36-15)17(14)20(32)30-10-2-4-12(19(28)31)29-9-10/h2-9H,1H3,(H2,28,31)(H,30,32)/i1D3. The predicted molar refractivity (Wildman–Crippen MR) is 113 cm³/mol. The zero-order chi connectivity index (χ0) is 29.5. The maximum Gasteiger partial charge on any atom is 0.586 e. The zero-order valence-corrected chi connectivity index (χ0v) is 17.9.